The molecule has 9 heteroatoms. The SMILES string of the molecule is COc1ccc(C23OC(=N)C(C#N)(C2C)C(C#N)(C#N)C(c2ccc(OC)c(OC)c2)O3)cc1. The number of hydrogen-bond acceptors (Lipinski definition) is 9. The molecule has 2 aromatic carbocycles. The van der Waals surface area contributed by atoms with E-state index in [0.717, 1.165) is 0 Å². The Balaban J connectivity index is 2.00. The fourth-order valence-electron chi connectivity index (χ4n) is 5.01. The summed E-state index contributed by atoms with van der Waals surface area (Å²) in [5.41, 5.74) is -3.04. The maximum Gasteiger partial charge on any atom is 0.244 e. The van der Waals surface area contributed by atoms with Gasteiger partial charge in [0, 0.05) is 5.56 Å². The largest absolute Gasteiger partial charge is 0.497 e. The number of nitrogens with one attached hydrogen (secondary N) is 1. The molecule has 4 atom stereocenters. The third-order valence-corrected chi connectivity index (χ3v) is 6.87. The van der Waals surface area contributed by atoms with Crippen LogP contribution >= 0.6 is 0 Å². The highest BCUT2D eigenvalue weighted by atomic mass is 16.7. The van der Waals surface area contributed by atoms with Gasteiger partial charge in [-0.15, -0.1) is 0 Å². The Bertz CT molecular complexity index is 1260. The summed E-state index contributed by atoms with van der Waals surface area (Å²) < 4.78 is 28.4. The average Bonchev–Trinajstić information content (AvgIpc) is 3.04. The van der Waals surface area contributed by atoms with Crippen molar-refractivity contribution in [2.45, 2.75) is 18.8 Å². The van der Waals surface area contributed by atoms with Crippen LogP contribution < -0.4 is 14.2 Å². The highest BCUT2D eigenvalue weighted by molar-refractivity contribution is 5.89. The van der Waals surface area contributed by atoms with Crippen LogP contribution in [0, 0.1) is 56.2 Å². The van der Waals surface area contributed by atoms with Crippen LogP contribution in [0.3, 0.4) is 0 Å². The van der Waals surface area contributed by atoms with Crippen molar-refractivity contribution in [1.29, 1.82) is 21.2 Å². The fraction of sp³-hybridized carbons (Fsp3) is 0.360. The van der Waals surface area contributed by atoms with Crippen LogP contribution in [0.5, 0.6) is 17.2 Å². The molecule has 0 radical (unpaired) electrons. The Morgan fingerprint density at radius 3 is 2.06 bits per heavy atom. The Kier molecular flexibility index (Phi) is 5.36. The maximum atomic E-state index is 10.4. The molecule has 2 aromatic rings. The first-order valence-corrected chi connectivity index (χ1v) is 10.4. The zero-order valence-corrected chi connectivity index (χ0v) is 19.1. The van der Waals surface area contributed by atoms with E-state index in [4.69, 9.17) is 29.1 Å². The van der Waals surface area contributed by atoms with Gasteiger partial charge < -0.3 is 23.7 Å². The summed E-state index contributed by atoms with van der Waals surface area (Å²) >= 11 is 0. The monoisotopic (exact) mass is 458 g/mol. The third kappa shape index (κ3) is 2.64. The van der Waals surface area contributed by atoms with Crippen molar-refractivity contribution < 1.29 is 23.7 Å². The molecule has 4 rings (SSSR count). The number of ether oxygens (including phenoxy) is 5. The molecular formula is C25H22N4O5. The second-order valence-corrected chi connectivity index (χ2v) is 8.11. The molecule has 172 valence electrons. The molecule has 0 saturated carbocycles. The molecule has 34 heavy (non-hydrogen) atoms. The Hall–Kier alpha value is -4.26. The van der Waals surface area contributed by atoms with Crippen LogP contribution in [-0.4, -0.2) is 27.2 Å². The number of nitrogens with zero attached hydrogens (tertiary/aromatic N) is 3. The van der Waals surface area contributed by atoms with Crippen LogP contribution in [0.2, 0.25) is 0 Å². The van der Waals surface area contributed by atoms with E-state index in [1.165, 1.54) is 21.3 Å². The van der Waals surface area contributed by atoms with Crippen molar-refractivity contribution in [3.63, 3.8) is 0 Å². The molecule has 2 aliphatic heterocycles. The Morgan fingerprint density at radius 2 is 1.53 bits per heavy atom. The standard InChI is InChI=1S/C25H22N4O5/c1-15-24(14-28)22(29)34-25(15,17-6-8-18(30-2)9-7-17)33-21(23(24,12-26)13-27)16-5-10-19(31-3)20(11-16)32-4/h5-11,15,21,29H,1-4H3. The number of hydrogen-bond donors (Lipinski definition) is 1. The predicted molar refractivity (Wildman–Crippen MR) is 118 cm³/mol. The summed E-state index contributed by atoms with van der Waals surface area (Å²) in [6.07, 6.45) is -1.25. The van der Waals surface area contributed by atoms with Gasteiger partial charge in [0.1, 0.15) is 11.9 Å². The van der Waals surface area contributed by atoms with Crippen LogP contribution in [0.4, 0.5) is 0 Å². The van der Waals surface area contributed by atoms with Crippen molar-refractivity contribution in [3.05, 3.63) is 53.6 Å². The molecule has 0 amide bonds. The lowest BCUT2D eigenvalue weighted by Crippen LogP contribution is -2.57. The summed E-state index contributed by atoms with van der Waals surface area (Å²) in [4.78, 5) is 0. The van der Waals surface area contributed by atoms with Gasteiger partial charge in [0.05, 0.1) is 45.5 Å². The molecule has 2 heterocycles. The summed E-state index contributed by atoms with van der Waals surface area (Å²) in [5.74, 6) is -1.52. The first-order valence-electron chi connectivity index (χ1n) is 10.4. The molecule has 2 fully saturated rings. The van der Waals surface area contributed by atoms with Gasteiger partial charge in [0.25, 0.3) is 0 Å². The second kappa shape index (κ2) is 7.95. The van der Waals surface area contributed by atoms with Gasteiger partial charge >= 0.3 is 0 Å². The fourth-order valence-corrected chi connectivity index (χ4v) is 5.01. The van der Waals surface area contributed by atoms with Crippen molar-refractivity contribution >= 4 is 5.90 Å². The van der Waals surface area contributed by atoms with Gasteiger partial charge in [0.15, 0.2) is 16.9 Å². The van der Waals surface area contributed by atoms with Crippen molar-refractivity contribution in [1.82, 2.24) is 0 Å². The summed E-state index contributed by atoms with van der Waals surface area (Å²) in [6, 6.07) is 17.9. The maximum absolute atomic E-state index is 10.4. The molecule has 2 saturated heterocycles. The lowest BCUT2D eigenvalue weighted by atomic mass is 9.53. The van der Waals surface area contributed by atoms with Crippen molar-refractivity contribution in [2.75, 3.05) is 21.3 Å². The van der Waals surface area contributed by atoms with E-state index >= 15 is 0 Å². The van der Waals surface area contributed by atoms with E-state index < -0.39 is 34.5 Å². The number of fused-ring (bicyclic) bond motifs is 2. The van der Waals surface area contributed by atoms with Gasteiger partial charge in [-0.25, -0.2) is 0 Å². The summed E-state index contributed by atoms with van der Waals surface area (Å²) in [5, 5.41) is 39.8. The van der Waals surface area contributed by atoms with Gasteiger partial charge in [-0.3, -0.25) is 5.41 Å². The number of methoxy groups -OCH3 is 3. The molecule has 1 N–H and O–H groups in total. The average molecular weight is 458 g/mol. The van der Waals surface area contributed by atoms with Crippen molar-refractivity contribution in [2.24, 2.45) is 16.7 Å². The minimum Gasteiger partial charge on any atom is -0.497 e. The quantitative estimate of drug-likeness (QED) is 0.713. The van der Waals surface area contributed by atoms with Crippen molar-refractivity contribution in [3.8, 4) is 35.5 Å². The van der Waals surface area contributed by atoms with E-state index in [2.05, 4.69) is 6.07 Å². The van der Waals surface area contributed by atoms with Crippen LogP contribution in [-0.2, 0) is 15.3 Å². The van der Waals surface area contributed by atoms with E-state index in [0.29, 0.717) is 28.4 Å². The molecular weight excluding hydrogens is 436 g/mol. The van der Waals surface area contributed by atoms with Gasteiger partial charge in [-0.05, 0) is 42.0 Å². The minimum absolute atomic E-state index is 0.361. The molecule has 0 aliphatic carbocycles. The highest BCUT2D eigenvalue weighted by Crippen LogP contribution is 2.69. The number of nitriles is 3. The lowest BCUT2D eigenvalue weighted by molar-refractivity contribution is -0.288. The summed E-state index contributed by atoms with van der Waals surface area (Å²) in [7, 11) is 4.49. The summed E-state index contributed by atoms with van der Waals surface area (Å²) in [6.45, 7) is 1.66. The normalized spacial score (nSPS) is 28.6. The van der Waals surface area contributed by atoms with Crippen LogP contribution in [0.1, 0.15) is 24.2 Å². The van der Waals surface area contributed by atoms with Crippen LogP contribution in [0.25, 0.3) is 0 Å². The van der Waals surface area contributed by atoms with Crippen LogP contribution in [0.15, 0.2) is 42.5 Å². The first kappa shape index (κ1) is 22.9. The molecule has 4 unspecified atom stereocenters. The topological polar surface area (TPSA) is 141 Å². The lowest BCUT2D eigenvalue weighted by Gasteiger charge is -2.48. The predicted octanol–water partition coefficient (Wildman–Crippen LogP) is 3.82. The third-order valence-electron chi connectivity index (χ3n) is 6.87. The van der Waals surface area contributed by atoms with Gasteiger partial charge in [-0.1, -0.05) is 13.0 Å². The molecule has 2 bridgehead atoms. The number of rotatable bonds is 5. The minimum atomic E-state index is -2.08. The highest BCUT2D eigenvalue weighted by Gasteiger charge is 2.79. The van der Waals surface area contributed by atoms with E-state index in [1.807, 2.05) is 12.1 Å². The molecule has 0 aromatic heterocycles. The van der Waals surface area contributed by atoms with Gasteiger partial charge in [0.2, 0.25) is 17.1 Å². The van der Waals surface area contributed by atoms with E-state index in [9.17, 15) is 15.8 Å². The Morgan fingerprint density at radius 1 is 0.882 bits per heavy atom. The molecule has 9 nitrogen and oxygen atoms in total. The van der Waals surface area contributed by atoms with Gasteiger partial charge in [-0.2, -0.15) is 15.8 Å². The second-order valence-electron chi connectivity index (χ2n) is 8.11. The first-order chi connectivity index (χ1) is 16.3. The van der Waals surface area contributed by atoms with E-state index in [1.54, 1.807) is 49.4 Å². The molecule has 2 aliphatic rings. The smallest absolute Gasteiger partial charge is 0.244 e. The zero-order valence-electron chi connectivity index (χ0n) is 19.1. The zero-order chi connectivity index (χ0) is 24.7. The van der Waals surface area contributed by atoms with E-state index in [-0.39, 0.29) is 0 Å². The number of benzene rings is 2. The Labute approximate surface area is 197 Å². The molecule has 0 spiro atoms.